The minimum absolute atomic E-state index is 0.384. The van der Waals surface area contributed by atoms with E-state index in [9.17, 15) is 9.59 Å². The van der Waals surface area contributed by atoms with E-state index in [1.54, 1.807) is 34.9 Å². The van der Waals surface area contributed by atoms with E-state index in [2.05, 4.69) is 0 Å². The van der Waals surface area contributed by atoms with E-state index in [1.165, 1.54) is 0 Å². The van der Waals surface area contributed by atoms with Crippen LogP contribution in [0.25, 0.3) is 11.1 Å². The lowest BCUT2D eigenvalue weighted by Crippen LogP contribution is -2.15. The second kappa shape index (κ2) is 4.70. The number of aromatic nitrogens is 1. The number of hydrogen-bond donors (Lipinski definition) is 1. The van der Waals surface area contributed by atoms with Gasteiger partial charge in [-0.1, -0.05) is 24.3 Å². The highest BCUT2D eigenvalue weighted by atomic mass is 16.4. The summed E-state index contributed by atoms with van der Waals surface area (Å²) in [5.74, 6) is -0.868. The monoisotopic (exact) mass is 268 g/mol. The van der Waals surface area contributed by atoms with Crippen LogP contribution in [-0.4, -0.2) is 10.5 Å². The molecule has 0 aliphatic rings. The quantitative estimate of drug-likeness (QED) is 0.785. The molecule has 0 saturated carbocycles. The summed E-state index contributed by atoms with van der Waals surface area (Å²) >= 11 is 0. The maximum atomic E-state index is 11.8. The number of carbonyl (C=O) groups is 1. The summed E-state index contributed by atoms with van der Waals surface area (Å²) in [4.78, 5) is 22.9. The summed E-state index contributed by atoms with van der Waals surface area (Å²) < 4.78 is 6.72. The zero-order valence-electron chi connectivity index (χ0n) is 10.6. The Labute approximate surface area is 114 Å². The van der Waals surface area contributed by atoms with Crippen LogP contribution >= 0.6 is 0 Å². The van der Waals surface area contributed by atoms with Crippen LogP contribution in [0.1, 0.15) is 15.9 Å². The minimum atomic E-state index is -0.470. The Morgan fingerprint density at radius 1 is 1.10 bits per heavy atom. The lowest BCUT2D eigenvalue weighted by Gasteiger charge is -2.03. The number of nitrogens with two attached hydrogens (primary N) is 1. The number of fused-ring (bicyclic) bond motifs is 1. The van der Waals surface area contributed by atoms with Crippen molar-refractivity contribution in [2.24, 2.45) is 5.73 Å². The number of nitrogens with zero attached hydrogens (tertiary/aromatic N) is 1. The molecule has 0 aliphatic carbocycles. The van der Waals surface area contributed by atoms with Crippen LogP contribution in [0.4, 0.5) is 0 Å². The summed E-state index contributed by atoms with van der Waals surface area (Å²) in [5, 5.41) is 0. The Hall–Kier alpha value is -2.82. The van der Waals surface area contributed by atoms with Gasteiger partial charge in [0.15, 0.2) is 5.58 Å². The van der Waals surface area contributed by atoms with E-state index in [4.69, 9.17) is 10.2 Å². The van der Waals surface area contributed by atoms with Crippen LogP contribution in [-0.2, 0) is 6.54 Å². The van der Waals surface area contributed by atoms with Crippen LogP contribution in [0, 0.1) is 0 Å². The molecule has 0 spiro atoms. The number of carbonyl (C=O) groups excluding carboxylic acids is 1. The molecule has 0 atom stereocenters. The van der Waals surface area contributed by atoms with Gasteiger partial charge in [0.2, 0.25) is 5.91 Å². The molecule has 3 aromatic rings. The highest BCUT2D eigenvalue weighted by molar-refractivity contribution is 5.92. The summed E-state index contributed by atoms with van der Waals surface area (Å²) in [6, 6.07) is 14.1. The number of para-hydroxylation sites is 2. The van der Waals surface area contributed by atoms with E-state index in [-0.39, 0.29) is 0 Å². The molecule has 0 saturated heterocycles. The van der Waals surface area contributed by atoms with Gasteiger partial charge in [0.1, 0.15) is 0 Å². The fourth-order valence-electron chi connectivity index (χ4n) is 2.12. The summed E-state index contributed by atoms with van der Waals surface area (Å²) in [6.07, 6.45) is 0. The van der Waals surface area contributed by atoms with Crippen LogP contribution in [0.2, 0.25) is 0 Å². The van der Waals surface area contributed by atoms with Crippen LogP contribution in [0.15, 0.2) is 57.7 Å². The third-order valence-corrected chi connectivity index (χ3v) is 3.15. The first kappa shape index (κ1) is 12.2. The van der Waals surface area contributed by atoms with E-state index < -0.39 is 11.7 Å². The molecule has 0 radical (unpaired) electrons. The van der Waals surface area contributed by atoms with E-state index in [0.29, 0.717) is 17.7 Å². The SMILES string of the molecule is NC(=O)c1ccc(Cn2c(=O)oc3ccccc32)cc1. The van der Waals surface area contributed by atoms with Gasteiger partial charge in [-0.05, 0) is 29.8 Å². The molecule has 0 unspecified atom stereocenters. The highest BCUT2D eigenvalue weighted by Gasteiger charge is 2.09. The fraction of sp³-hybridized carbons (Fsp3) is 0.0667. The number of rotatable bonds is 3. The molecule has 0 aliphatic heterocycles. The van der Waals surface area contributed by atoms with E-state index in [1.807, 2.05) is 18.2 Å². The largest absolute Gasteiger partial charge is 0.420 e. The summed E-state index contributed by atoms with van der Waals surface area (Å²) in [7, 11) is 0. The van der Waals surface area contributed by atoms with Gasteiger partial charge in [-0.25, -0.2) is 4.79 Å². The fourth-order valence-corrected chi connectivity index (χ4v) is 2.12. The maximum Gasteiger partial charge on any atom is 0.420 e. The van der Waals surface area contributed by atoms with Gasteiger partial charge in [0, 0.05) is 5.56 Å². The number of primary amides is 1. The Bertz CT molecular complexity index is 828. The molecule has 5 heteroatoms. The Morgan fingerprint density at radius 3 is 2.50 bits per heavy atom. The molecule has 5 nitrogen and oxygen atoms in total. The standard InChI is InChI=1S/C15H12N2O3/c16-14(18)11-7-5-10(6-8-11)9-17-12-3-1-2-4-13(12)20-15(17)19/h1-8H,9H2,(H2,16,18). The molecule has 3 rings (SSSR count). The number of amides is 1. The lowest BCUT2D eigenvalue weighted by atomic mass is 10.1. The predicted octanol–water partition coefficient (Wildman–Crippen LogP) is 1.74. The Kier molecular flexibility index (Phi) is 2.87. The first-order valence-corrected chi connectivity index (χ1v) is 6.12. The van der Waals surface area contributed by atoms with Gasteiger partial charge in [-0.15, -0.1) is 0 Å². The third-order valence-electron chi connectivity index (χ3n) is 3.15. The van der Waals surface area contributed by atoms with Gasteiger partial charge in [0.25, 0.3) is 0 Å². The molecule has 2 N–H and O–H groups in total. The van der Waals surface area contributed by atoms with Crippen molar-refractivity contribution in [2.45, 2.75) is 6.54 Å². The zero-order valence-corrected chi connectivity index (χ0v) is 10.6. The molecule has 1 heterocycles. The topological polar surface area (TPSA) is 78.2 Å². The van der Waals surface area contributed by atoms with Crippen LogP contribution < -0.4 is 11.5 Å². The molecule has 20 heavy (non-hydrogen) atoms. The molecule has 1 amide bonds. The van der Waals surface area contributed by atoms with Crippen molar-refractivity contribution in [3.63, 3.8) is 0 Å². The Morgan fingerprint density at radius 2 is 1.80 bits per heavy atom. The smallest absolute Gasteiger partial charge is 0.408 e. The van der Waals surface area contributed by atoms with Crippen molar-refractivity contribution < 1.29 is 9.21 Å². The average Bonchev–Trinajstić information content (AvgIpc) is 2.76. The number of hydrogen-bond acceptors (Lipinski definition) is 3. The lowest BCUT2D eigenvalue weighted by molar-refractivity contribution is 0.100. The second-order valence-electron chi connectivity index (χ2n) is 4.48. The van der Waals surface area contributed by atoms with Crippen molar-refractivity contribution in [3.8, 4) is 0 Å². The maximum absolute atomic E-state index is 11.8. The normalized spacial score (nSPS) is 10.8. The average molecular weight is 268 g/mol. The molecule has 0 fully saturated rings. The van der Waals surface area contributed by atoms with Gasteiger partial charge >= 0.3 is 5.76 Å². The van der Waals surface area contributed by atoms with Gasteiger partial charge in [-0.2, -0.15) is 0 Å². The van der Waals surface area contributed by atoms with Crippen LogP contribution in [0.3, 0.4) is 0 Å². The Balaban J connectivity index is 1.99. The highest BCUT2D eigenvalue weighted by Crippen LogP contribution is 2.14. The van der Waals surface area contributed by atoms with Crippen molar-refractivity contribution >= 4 is 17.0 Å². The molecule has 100 valence electrons. The second-order valence-corrected chi connectivity index (χ2v) is 4.48. The number of benzene rings is 2. The van der Waals surface area contributed by atoms with Gasteiger partial charge < -0.3 is 10.2 Å². The first-order valence-electron chi connectivity index (χ1n) is 6.12. The van der Waals surface area contributed by atoms with Gasteiger partial charge in [0.05, 0.1) is 12.1 Å². The number of oxazole rings is 1. The zero-order chi connectivity index (χ0) is 14.1. The van der Waals surface area contributed by atoms with Crippen molar-refractivity contribution in [1.82, 2.24) is 4.57 Å². The van der Waals surface area contributed by atoms with Crippen molar-refractivity contribution in [3.05, 3.63) is 70.2 Å². The molecule has 1 aromatic heterocycles. The summed E-state index contributed by atoms with van der Waals surface area (Å²) in [5.41, 5.74) is 7.83. The van der Waals surface area contributed by atoms with E-state index >= 15 is 0 Å². The first-order chi connectivity index (χ1) is 9.65. The molecule has 0 bridgehead atoms. The molecular formula is C15H12N2O3. The van der Waals surface area contributed by atoms with Crippen molar-refractivity contribution in [2.75, 3.05) is 0 Å². The predicted molar refractivity (Wildman–Crippen MR) is 74.5 cm³/mol. The van der Waals surface area contributed by atoms with Crippen LogP contribution in [0.5, 0.6) is 0 Å². The molecular weight excluding hydrogens is 256 g/mol. The summed E-state index contributed by atoms with van der Waals surface area (Å²) in [6.45, 7) is 0.384. The minimum Gasteiger partial charge on any atom is -0.408 e. The van der Waals surface area contributed by atoms with E-state index in [0.717, 1.165) is 11.1 Å². The van der Waals surface area contributed by atoms with Crippen molar-refractivity contribution in [1.29, 1.82) is 0 Å². The molecule has 2 aromatic carbocycles. The van der Waals surface area contributed by atoms with Gasteiger partial charge in [-0.3, -0.25) is 9.36 Å². The third kappa shape index (κ3) is 2.09.